The number of hydrogen-bond donors (Lipinski definition) is 1. The highest BCUT2D eigenvalue weighted by atomic mass is 35.5. The van der Waals surface area contributed by atoms with Crippen molar-refractivity contribution >= 4 is 34.2 Å². The van der Waals surface area contributed by atoms with Gasteiger partial charge in [0.2, 0.25) is 0 Å². The van der Waals surface area contributed by atoms with E-state index in [0.717, 1.165) is 29.8 Å². The zero-order chi connectivity index (χ0) is 15.7. The highest BCUT2D eigenvalue weighted by Crippen LogP contribution is 2.40. The molecule has 5 heteroatoms. The van der Waals surface area contributed by atoms with Crippen molar-refractivity contribution < 1.29 is 5.11 Å². The smallest absolute Gasteiger partial charge is 0.134 e. The second-order valence-corrected chi connectivity index (χ2v) is 7.13. The topological polar surface area (TPSA) is 56.4 Å². The van der Waals surface area contributed by atoms with E-state index in [4.69, 9.17) is 11.6 Å². The van der Waals surface area contributed by atoms with E-state index in [9.17, 15) is 10.4 Å². The molecule has 1 heterocycles. The van der Waals surface area contributed by atoms with Gasteiger partial charge in [-0.3, -0.25) is 0 Å². The van der Waals surface area contributed by atoms with E-state index in [1.165, 1.54) is 10.9 Å². The molecular formula is C17H15ClN2OS. The molecule has 1 unspecified atom stereocenters. The van der Waals surface area contributed by atoms with E-state index in [1.54, 1.807) is 29.7 Å². The maximum Gasteiger partial charge on any atom is 0.134 e. The Hall–Kier alpha value is -1.83. The average molecular weight is 331 g/mol. The van der Waals surface area contributed by atoms with E-state index in [0.29, 0.717) is 22.1 Å². The molecule has 0 fully saturated rings. The Morgan fingerprint density at radius 2 is 2.32 bits per heavy atom. The van der Waals surface area contributed by atoms with Gasteiger partial charge in [0.05, 0.1) is 5.56 Å². The molecule has 1 aromatic carbocycles. The largest absolute Gasteiger partial charge is 0.507 e. The highest BCUT2D eigenvalue weighted by Gasteiger charge is 2.23. The molecule has 1 aliphatic carbocycles. The second-order valence-electron chi connectivity index (χ2n) is 5.61. The van der Waals surface area contributed by atoms with Crippen LogP contribution in [0.25, 0.3) is 0 Å². The summed E-state index contributed by atoms with van der Waals surface area (Å²) in [6.07, 6.45) is 4.67. The molecular weight excluding hydrogens is 316 g/mol. The summed E-state index contributed by atoms with van der Waals surface area (Å²) in [5, 5.41) is 20.5. The van der Waals surface area contributed by atoms with Crippen LogP contribution in [0.1, 0.15) is 34.9 Å². The predicted octanol–water partition coefficient (Wildman–Crippen LogP) is 4.85. The number of thiophene rings is 1. The lowest BCUT2D eigenvalue weighted by atomic mass is 9.89. The lowest BCUT2D eigenvalue weighted by Gasteiger charge is -2.17. The Bertz CT molecular complexity index is 789. The summed E-state index contributed by atoms with van der Waals surface area (Å²) in [5.74, 6) is 0.785. The maximum absolute atomic E-state index is 9.82. The highest BCUT2D eigenvalue weighted by molar-refractivity contribution is 7.16. The van der Waals surface area contributed by atoms with Crippen LogP contribution in [-0.4, -0.2) is 11.3 Å². The van der Waals surface area contributed by atoms with Gasteiger partial charge in [0.1, 0.15) is 16.8 Å². The summed E-state index contributed by atoms with van der Waals surface area (Å²) in [6, 6.07) is 7.11. The van der Waals surface area contributed by atoms with E-state index in [1.807, 2.05) is 0 Å². The molecule has 0 bridgehead atoms. The zero-order valence-electron chi connectivity index (χ0n) is 12.1. The molecule has 1 aromatic heterocycles. The standard InChI is InChI=1S/C17H15ClN2OS/c1-10-2-4-13-14(8-19)17(22-16(13)6-10)20-9-11-7-12(18)3-5-15(11)21/h3,5,7,9-10,21H,2,4,6H2,1H3. The number of rotatable bonds is 2. The number of aromatic hydroxyl groups is 1. The SMILES string of the molecule is CC1CCc2c(sc(N=Cc3cc(Cl)ccc3O)c2C#N)C1. The van der Waals surface area contributed by atoms with Crippen LogP contribution < -0.4 is 0 Å². The third kappa shape index (κ3) is 2.87. The quantitative estimate of drug-likeness (QED) is 0.800. The Labute approximate surface area is 138 Å². The number of hydrogen-bond acceptors (Lipinski definition) is 4. The van der Waals surface area contributed by atoms with Crippen molar-refractivity contribution in [3.63, 3.8) is 0 Å². The van der Waals surface area contributed by atoms with E-state index < -0.39 is 0 Å². The minimum atomic E-state index is 0.126. The van der Waals surface area contributed by atoms with Crippen molar-refractivity contribution in [2.45, 2.75) is 26.2 Å². The lowest BCUT2D eigenvalue weighted by molar-refractivity contribution is 0.474. The van der Waals surface area contributed by atoms with Gasteiger partial charge in [0.15, 0.2) is 0 Å². The van der Waals surface area contributed by atoms with Gasteiger partial charge in [0, 0.05) is 21.7 Å². The maximum atomic E-state index is 9.82. The van der Waals surface area contributed by atoms with E-state index >= 15 is 0 Å². The van der Waals surface area contributed by atoms with Crippen LogP contribution in [0.4, 0.5) is 5.00 Å². The van der Waals surface area contributed by atoms with Crippen LogP contribution in [-0.2, 0) is 12.8 Å². The zero-order valence-corrected chi connectivity index (χ0v) is 13.7. The Morgan fingerprint density at radius 3 is 3.09 bits per heavy atom. The Kier molecular flexibility index (Phi) is 4.19. The fraction of sp³-hybridized carbons (Fsp3) is 0.294. The minimum absolute atomic E-state index is 0.126. The number of aliphatic imine (C=N–C) groups is 1. The predicted molar refractivity (Wildman–Crippen MR) is 90.6 cm³/mol. The van der Waals surface area contributed by atoms with Gasteiger partial charge in [-0.2, -0.15) is 5.26 Å². The summed E-state index contributed by atoms with van der Waals surface area (Å²) < 4.78 is 0. The molecule has 3 nitrogen and oxygen atoms in total. The van der Waals surface area contributed by atoms with Crippen LogP contribution in [0.3, 0.4) is 0 Å². The molecule has 0 aliphatic heterocycles. The molecule has 0 saturated carbocycles. The number of nitriles is 1. The number of fused-ring (bicyclic) bond motifs is 1. The molecule has 0 spiro atoms. The molecule has 1 atom stereocenters. The molecule has 2 aromatic rings. The molecule has 0 radical (unpaired) electrons. The lowest BCUT2D eigenvalue weighted by Crippen LogP contribution is -2.09. The fourth-order valence-corrected chi connectivity index (χ4v) is 4.18. The van der Waals surface area contributed by atoms with Gasteiger partial charge in [-0.15, -0.1) is 11.3 Å². The molecule has 112 valence electrons. The molecule has 22 heavy (non-hydrogen) atoms. The van der Waals surface area contributed by atoms with Gasteiger partial charge in [-0.05, 0) is 48.9 Å². The van der Waals surface area contributed by atoms with Gasteiger partial charge < -0.3 is 5.11 Å². The number of phenolic OH excluding ortho intramolecular Hbond substituents is 1. The summed E-state index contributed by atoms with van der Waals surface area (Å²) >= 11 is 7.52. The number of benzene rings is 1. The van der Waals surface area contributed by atoms with Crippen molar-refractivity contribution in [3.8, 4) is 11.8 Å². The van der Waals surface area contributed by atoms with Crippen molar-refractivity contribution in [1.29, 1.82) is 5.26 Å². The number of phenols is 1. The van der Waals surface area contributed by atoms with Crippen LogP contribution in [0.2, 0.25) is 5.02 Å². The number of halogens is 1. The van der Waals surface area contributed by atoms with Crippen molar-refractivity contribution in [3.05, 3.63) is 44.8 Å². The van der Waals surface area contributed by atoms with Crippen molar-refractivity contribution in [1.82, 2.24) is 0 Å². The van der Waals surface area contributed by atoms with Crippen LogP contribution in [0, 0.1) is 17.2 Å². The summed E-state index contributed by atoms with van der Waals surface area (Å²) in [6.45, 7) is 2.24. The van der Waals surface area contributed by atoms with Gasteiger partial charge in [-0.1, -0.05) is 18.5 Å². The molecule has 0 saturated heterocycles. The summed E-state index contributed by atoms with van der Waals surface area (Å²) in [7, 11) is 0. The van der Waals surface area contributed by atoms with E-state index in [2.05, 4.69) is 18.0 Å². The third-order valence-electron chi connectivity index (χ3n) is 3.92. The molecule has 1 N–H and O–H groups in total. The van der Waals surface area contributed by atoms with Crippen molar-refractivity contribution in [2.24, 2.45) is 10.9 Å². The van der Waals surface area contributed by atoms with Crippen LogP contribution in [0.5, 0.6) is 5.75 Å². The molecule has 0 amide bonds. The van der Waals surface area contributed by atoms with Crippen LogP contribution >= 0.6 is 22.9 Å². The third-order valence-corrected chi connectivity index (χ3v) is 5.31. The molecule has 1 aliphatic rings. The average Bonchev–Trinajstić information content (AvgIpc) is 2.84. The first kappa shape index (κ1) is 15.1. The number of nitrogens with zero attached hydrogens (tertiary/aromatic N) is 2. The Balaban J connectivity index is 1.97. The normalized spacial score (nSPS) is 17.4. The first-order chi connectivity index (χ1) is 10.6. The summed E-state index contributed by atoms with van der Waals surface area (Å²) in [4.78, 5) is 5.71. The fourth-order valence-electron chi connectivity index (χ4n) is 2.70. The minimum Gasteiger partial charge on any atom is -0.507 e. The molecule has 3 rings (SSSR count). The summed E-state index contributed by atoms with van der Waals surface area (Å²) in [5.41, 5.74) is 2.40. The van der Waals surface area contributed by atoms with E-state index in [-0.39, 0.29) is 5.75 Å². The van der Waals surface area contributed by atoms with Gasteiger partial charge in [-0.25, -0.2) is 4.99 Å². The Morgan fingerprint density at radius 1 is 1.50 bits per heavy atom. The van der Waals surface area contributed by atoms with Gasteiger partial charge >= 0.3 is 0 Å². The van der Waals surface area contributed by atoms with Crippen LogP contribution in [0.15, 0.2) is 23.2 Å². The van der Waals surface area contributed by atoms with Crippen molar-refractivity contribution in [2.75, 3.05) is 0 Å². The van der Waals surface area contributed by atoms with Gasteiger partial charge in [0.25, 0.3) is 0 Å². The first-order valence-corrected chi connectivity index (χ1v) is 8.35. The second kappa shape index (κ2) is 6.12. The monoisotopic (exact) mass is 330 g/mol. The first-order valence-electron chi connectivity index (χ1n) is 7.15.